The number of carbonyl (C=O) groups excluding carboxylic acids is 2. The van der Waals surface area contributed by atoms with Crippen LogP contribution in [0, 0.1) is 0 Å². The molecule has 0 aliphatic carbocycles. The van der Waals surface area contributed by atoms with Crippen molar-refractivity contribution < 1.29 is 28.5 Å². The molecule has 0 saturated carbocycles. The smallest absolute Gasteiger partial charge is 0.342 e. The first-order valence-corrected chi connectivity index (χ1v) is 12.9. The van der Waals surface area contributed by atoms with E-state index in [0.717, 1.165) is 15.6 Å². The largest absolute Gasteiger partial charge is 0.495 e. The normalized spacial score (nSPS) is 10.1. The van der Waals surface area contributed by atoms with Crippen LogP contribution in [0.3, 0.4) is 0 Å². The predicted molar refractivity (Wildman–Crippen MR) is 137 cm³/mol. The summed E-state index contributed by atoms with van der Waals surface area (Å²) in [5, 5.41) is 0.571. The third kappa shape index (κ3) is 7.18. The summed E-state index contributed by atoms with van der Waals surface area (Å²) in [4.78, 5) is 23.3. The van der Waals surface area contributed by atoms with Crippen LogP contribution in [0.5, 0.6) is 11.5 Å². The molecule has 0 heterocycles. The van der Waals surface area contributed by atoms with Gasteiger partial charge in [-0.2, -0.15) is 0 Å². The van der Waals surface area contributed by atoms with Gasteiger partial charge in [0, 0.05) is 5.33 Å². The molecule has 170 valence electrons. The van der Waals surface area contributed by atoms with Crippen molar-refractivity contribution in [2.24, 2.45) is 0 Å². The topological polar surface area (TPSA) is 71.1 Å². The van der Waals surface area contributed by atoms with E-state index in [9.17, 15) is 9.59 Å². The van der Waals surface area contributed by atoms with Crippen molar-refractivity contribution in [1.29, 1.82) is 0 Å². The van der Waals surface area contributed by atoms with Gasteiger partial charge in [0.2, 0.25) is 0 Å². The van der Waals surface area contributed by atoms with Crippen molar-refractivity contribution in [2.45, 2.75) is 9.07 Å². The van der Waals surface area contributed by atoms with Crippen LogP contribution in [0.25, 0.3) is 0 Å². The van der Waals surface area contributed by atoms with Gasteiger partial charge in [0.05, 0.1) is 41.1 Å². The molecule has 0 saturated heterocycles. The van der Waals surface area contributed by atoms with Crippen LogP contribution in [-0.2, 0) is 14.8 Å². The number of methoxy groups -OCH3 is 4. The first kappa shape index (κ1) is 28.4. The third-order valence-electron chi connectivity index (χ3n) is 3.90. The number of benzene rings is 2. The molecule has 0 bridgehead atoms. The lowest BCUT2D eigenvalue weighted by atomic mass is 10.1. The van der Waals surface area contributed by atoms with Gasteiger partial charge in [-0.15, -0.1) is 0 Å². The van der Waals surface area contributed by atoms with E-state index < -0.39 is 11.9 Å². The molecule has 31 heavy (non-hydrogen) atoms. The molecule has 0 aromatic heterocycles. The molecule has 0 atom stereocenters. The van der Waals surface area contributed by atoms with Gasteiger partial charge in [-0.05, 0) is 55.1 Å². The Kier molecular flexibility index (Phi) is 12.7. The van der Waals surface area contributed by atoms with Crippen molar-refractivity contribution in [3.05, 3.63) is 55.5 Å². The number of esters is 2. The molecule has 0 aliphatic heterocycles. The second-order valence-electron chi connectivity index (χ2n) is 5.58. The molecule has 2 aromatic carbocycles. The fourth-order valence-corrected chi connectivity index (χ4v) is 4.72. The number of ether oxygens (including phenoxy) is 4. The number of carbonyl (C=O) groups is 2. The number of alkyl halides is 3. The SMILES string of the molecule is COC(=O)c1c(C(Br)Br)ccc(Br)c1OC.COC(=O)c1c(CBr)ccc(Br)c1OC. The Hall–Kier alpha value is -0.620. The van der Waals surface area contributed by atoms with E-state index >= 15 is 0 Å². The fourth-order valence-electron chi connectivity index (χ4n) is 2.50. The van der Waals surface area contributed by atoms with Gasteiger partial charge in [-0.25, -0.2) is 9.59 Å². The van der Waals surface area contributed by atoms with Crippen molar-refractivity contribution in [1.82, 2.24) is 0 Å². The molecule has 11 heteroatoms. The van der Waals surface area contributed by atoms with E-state index in [-0.39, 0.29) is 3.74 Å². The first-order valence-electron chi connectivity index (χ1n) is 8.40. The lowest BCUT2D eigenvalue weighted by molar-refractivity contribution is 0.0586. The van der Waals surface area contributed by atoms with Crippen molar-refractivity contribution in [2.75, 3.05) is 28.4 Å². The highest BCUT2D eigenvalue weighted by atomic mass is 79.9. The van der Waals surface area contributed by atoms with Gasteiger partial charge in [0.25, 0.3) is 0 Å². The summed E-state index contributed by atoms with van der Waals surface area (Å²) in [6, 6.07) is 7.30. The lowest BCUT2D eigenvalue weighted by Crippen LogP contribution is -2.08. The van der Waals surface area contributed by atoms with E-state index in [1.807, 2.05) is 24.3 Å². The first-order chi connectivity index (χ1) is 14.7. The van der Waals surface area contributed by atoms with Gasteiger partial charge in [-0.1, -0.05) is 59.9 Å². The Labute approximate surface area is 223 Å². The molecule has 0 fully saturated rings. The zero-order chi connectivity index (χ0) is 23.7. The summed E-state index contributed by atoms with van der Waals surface area (Å²) in [7, 11) is 5.71. The quantitative estimate of drug-likeness (QED) is 0.230. The van der Waals surface area contributed by atoms with Crippen molar-refractivity contribution >= 4 is 91.6 Å². The summed E-state index contributed by atoms with van der Waals surface area (Å²) in [6.45, 7) is 0. The molecule has 6 nitrogen and oxygen atoms in total. The second-order valence-corrected chi connectivity index (χ2v) is 10.9. The molecule has 0 aliphatic rings. The van der Waals surface area contributed by atoms with Crippen molar-refractivity contribution in [3.63, 3.8) is 0 Å². The summed E-state index contributed by atoms with van der Waals surface area (Å²) in [6.07, 6.45) is 0. The van der Waals surface area contributed by atoms with Gasteiger partial charge in [0.1, 0.15) is 22.6 Å². The van der Waals surface area contributed by atoms with E-state index in [4.69, 9.17) is 18.9 Å². The standard InChI is InChI=1S/C10H9Br3O3.C10H10Br2O3/c1-15-8-6(11)4-3-5(9(12)13)7(8)10(14)16-2;1-14-9-7(12)4-3-6(5-11)8(9)10(13)15-2/h3-4,9H,1-2H3;3-4H,5H2,1-2H3. The van der Waals surface area contributed by atoms with Crippen molar-refractivity contribution in [3.8, 4) is 11.5 Å². The van der Waals surface area contributed by atoms with E-state index in [1.54, 1.807) is 0 Å². The minimum absolute atomic E-state index is 0.143. The van der Waals surface area contributed by atoms with Gasteiger partial charge in [-0.3, -0.25) is 0 Å². The Morgan fingerprint density at radius 1 is 0.806 bits per heavy atom. The Balaban J connectivity index is 0.000000311. The maximum Gasteiger partial charge on any atom is 0.342 e. The zero-order valence-electron chi connectivity index (χ0n) is 16.9. The van der Waals surface area contributed by atoms with Crippen LogP contribution in [-0.4, -0.2) is 40.4 Å². The average molecular weight is 755 g/mol. The number of hydrogen-bond acceptors (Lipinski definition) is 6. The summed E-state index contributed by atoms with van der Waals surface area (Å²) in [5.41, 5.74) is 2.44. The minimum Gasteiger partial charge on any atom is -0.495 e. The van der Waals surface area contributed by atoms with Gasteiger partial charge in [0.15, 0.2) is 0 Å². The Bertz CT molecular complexity index is 933. The highest BCUT2D eigenvalue weighted by Crippen LogP contribution is 2.39. The third-order valence-corrected chi connectivity index (χ3v) is 6.74. The number of hydrogen-bond donors (Lipinski definition) is 0. The number of halogens is 5. The second kappa shape index (κ2) is 13.8. The van der Waals surface area contributed by atoms with Crippen LogP contribution in [0.2, 0.25) is 0 Å². The average Bonchev–Trinajstić information content (AvgIpc) is 2.77. The molecule has 0 N–H and O–H groups in total. The fraction of sp³-hybridized carbons (Fsp3) is 0.300. The molecule has 2 aromatic rings. The van der Waals surface area contributed by atoms with Crippen LogP contribution in [0.1, 0.15) is 35.6 Å². The molecular formula is C20H19Br5O6. The summed E-state index contributed by atoms with van der Waals surface area (Å²) >= 11 is 16.7. The minimum atomic E-state index is -0.433. The predicted octanol–water partition coefficient (Wildman–Crippen LogP) is 7.17. The van der Waals surface area contributed by atoms with E-state index in [0.29, 0.717) is 32.4 Å². The van der Waals surface area contributed by atoms with Gasteiger partial charge >= 0.3 is 11.9 Å². The monoisotopic (exact) mass is 750 g/mol. The highest BCUT2D eigenvalue weighted by Gasteiger charge is 2.23. The van der Waals surface area contributed by atoms with Crippen LogP contribution < -0.4 is 9.47 Å². The van der Waals surface area contributed by atoms with Gasteiger partial charge < -0.3 is 18.9 Å². The number of rotatable bonds is 6. The molecular weight excluding hydrogens is 736 g/mol. The zero-order valence-corrected chi connectivity index (χ0v) is 24.9. The maximum absolute atomic E-state index is 11.7. The molecule has 0 amide bonds. The molecule has 0 radical (unpaired) electrons. The maximum atomic E-state index is 11.7. The van der Waals surface area contributed by atoms with E-state index in [1.165, 1.54) is 28.4 Å². The Morgan fingerprint density at radius 2 is 1.26 bits per heavy atom. The Morgan fingerprint density at radius 3 is 1.68 bits per heavy atom. The molecule has 2 rings (SSSR count). The highest BCUT2D eigenvalue weighted by molar-refractivity contribution is 9.24. The van der Waals surface area contributed by atoms with Crippen LogP contribution in [0.4, 0.5) is 0 Å². The van der Waals surface area contributed by atoms with Crippen LogP contribution in [0.15, 0.2) is 33.2 Å². The summed E-state index contributed by atoms with van der Waals surface area (Å²) in [5.74, 6) is 0.131. The molecule has 0 spiro atoms. The lowest BCUT2D eigenvalue weighted by Gasteiger charge is -2.14. The molecule has 0 unspecified atom stereocenters. The summed E-state index contributed by atoms with van der Waals surface area (Å²) < 4.78 is 21.1. The van der Waals surface area contributed by atoms with Crippen LogP contribution >= 0.6 is 79.6 Å². The van der Waals surface area contributed by atoms with E-state index in [2.05, 4.69) is 79.6 Å².